The largest absolute Gasteiger partial charge is 0.489 e. The number of hydrogen-bond donors (Lipinski definition) is 2. The molecule has 0 spiro atoms. The molecular formula is C10H9BrClFO4. The zero-order valence-electron chi connectivity index (χ0n) is 8.71. The van der Waals surface area contributed by atoms with Crippen molar-refractivity contribution >= 4 is 33.5 Å². The standard InChI is InChI=1S/C10H9BrClFO4/c1-10(16,9(14)15)4-17-8-3-7(13)6(12)2-5(8)11/h2-3,16H,4H2,1H3,(H,14,15). The highest BCUT2D eigenvalue weighted by Crippen LogP contribution is 2.31. The summed E-state index contributed by atoms with van der Waals surface area (Å²) in [5.41, 5.74) is -2.05. The summed E-state index contributed by atoms with van der Waals surface area (Å²) in [5.74, 6) is -2.06. The number of rotatable bonds is 4. The highest BCUT2D eigenvalue weighted by Gasteiger charge is 2.31. The van der Waals surface area contributed by atoms with Crippen molar-refractivity contribution < 1.29 is 24.1 Å². The first-order chi connectivity index (χ1) is 7.74. The van der Waals surface area contributed by atoms with Crippen LogP contribution in [0.25, 0.3) is 0 Å². The van der Waals surface area contributed by atoms with Gasteiger partial charge in [0.15, 0.2) is 5.60 Å². The fourth-order valence-electron chi connectivity index (χ4n) is 0.895. The quantitative estimate of drug-likeness (QED) is 0.834. The predicted octanol–water partition coefficient (Wildman–Crippen LogP) is 2.46. The number of ether oxygens (including phenoxy) is 1. The molecule has 2 N–H and O–H groups in total. The van der Waals surface area contributed by atoms with Gasteiger partial charge in [0.05, 0.1) is 9.50 Å². The molecular weight excluding hydrogens is 318 g/mol. The molecule has 0 saturated heterocycles. The van der Waals surface area contributed by atoms with Crippen LogP contribution >= 0.6 is 27.5 Å². The van der Waals surface area contributed by atoms with Crippen LogP contribution in [0, 0.1) is 5.82 Å². The van der Waals surface area contributed by atoms with E-state index in [4.69, 9.17) is 21.4 Å². The van der Waals surface area contributed by atoms with Gasteiger partial charge in [-0.2, -0.15) is 0 Å². The first-order valence-corrected chi connectivity index (χ1v) is 5.64. The second-order valence-electron chi connectivity index (χ2n) is 3.56. The van der Waals surface area contributed by atoms with Crippen molar-refractivity contribution in [2.24, 2.45) is 0 Å². The minimum absolute atomic E-state index is 0.0634. The molecule has 1 atom stereocenters. The molecule has 0 radical (unpaired) electrons. The van der Waals surface area contributed by atoms with E-state index in [1.165, 1.54) is 6.07 Å². The van der Waals surface area contributed by atoms with Crippen LogP contribution in [-0.4, -0.2) is 28.4 Å². The average Bonchev–Trinajstić information content (AvgIpc) is 2.21. The molecule has 1 unspecified atom stereocenters. The van der Waals surface area contributed by atoms with Gasteiger partial charge in [-0.15, -0.1) is 0 Å². The first kappa shape index (κ1) is 14.2. The van der Waals surface area contributed by atoms with E-state index in [-0.39, 0.29) is 10.8 Å². The van der Waals surface area contributed by atoms with Crippen LogP contribution in [0.1, 0.15) is 6.92 Å². The maximum atomic E-state index is 13.1. The fourth-order valence-corrected chi connectivity index (χ4v) is 1.65. The van der Waals surface area contributed by atoms with E-state index in [1.807, 2.05) is 0 Å². The zero-order valence-corrected chi connectivity index (χ0v) is 11.0. The van der Waals surface area contributed by atoms with Crippen LogP contribution in [0.3, 0.4) is 0 Å². The van der Waals surface area contributed by atoms with E-state index < -0.39 is 24.0 Å². The summed E-state index contributed by atoms with van der Waals surface area (Å²) in [6, 6.07) is 2.28. The molecule has 0 heterocycles. The number of hydrogen-bond acceptors (Lipinski definition) is 3. The van der Waals surface area contributed by atoms with Gasteiger partial charge in [0, 0.05) is 6.07 Å². The molecule has 0 amide bonds. The van der Waals surface area contributed by atoms with Crippen molar-refractivity contribution in [1.29, 1.82) is 0 Å². The first-order valence-electron chi connectivity index (χ1n) is 4.47. The lowest BCUT2D eigenvalue weighted by Crippen LogP contribution is -2.41. The molecule has 17 heavy (non-hydrogen) atoms. The van der Waals surface area contributed by atoms with Gasteiger partial charge in [-0.25, -0.2) is 9.18 Å². The molecule has 7 heteroatoms. The SMILES string of the molecule is CC(O)(COc1cc(F)c(Cl)cc1Br)C(=O)O. The number of aliphatic carboxylic acids is 1. The van der Waals surface area contributed by atoms with E-state index in [0.717, 1.165) is 13.0 Å². The van der Waals surface area contributed by atoms with Crippen LogP contribution < -0.4 is 4.74 Å². The van der Waals surface area contributed by atoms with Gasteiger partial charge >= 0.3 is 5.97 Å². The number of carboxylic acid groups (broad SMARTS) is 1. The smallest absolute Gasteiger partial charge is 0.339 e. The normalized spacial score (nSPS) is 14.2. The topological polar surface area (TPSA) is 66.8 Å². The number of carbonyl (C=O) groups is 1. The Labute approximate surface area is 110 Å². The van der Waals surface area contributed by atoms with Gasteiger partial charge in [0.1, 0.15) is 18.2 Å². The van der Waals surface area contributed by atoms with Crippen molar-refractivity contribution in [3.05, 3.63) is 27.4 Å². The maximum absolute atomic E-state index is 13.1. The Balaban J connectivity index is 2.83. The van der Waals surface area contributed by atoms with Gasteiger partial charge < -0.3 is 14.9 Å². The lowest BCUT2D eigenvalue weighted by molar-refractivity contribution is -0.159. The molecule has 4 nitrogen and oxygen atoms in total. The molecule has 0 aliphatic heterocycles. The minimum Gasteiger partial charge on any atom is -0.489 e. The summed E-state index contributed by atoms with van der Waals surface area (Å²) in [6.07, 6.45) is 0. The highest BCUT2D eigenvalue weighted by atomic mass is 79.9. The van der Waals surface area contributed by atoms with Crippen LogP contribution in [0.2, 0.25) is 5.02 Å². The second kappa shape index (κ2) is 5.20. The monoisotopic (exact) mass is 326 g/mol. The van der Waals surface area contributed by atoms with Crippen molar-refractivity contribution in [2.75, 3.05) is 6.61 Å². The Morgan fingerprint density at radius 1 is 1.65 bits per heavy atom. The molecule has 0 bridgehead atoms. The zero-order chi connectivity index (χ0) is 13.2. The van der Waals surface area contributed by atoms with Crippen LogP contribution in [-0.2, 0) is 4.79 Å². The van der Waals surface area contributed by atoms with E-state index in [0.29, 0.717) is 4.47 Å². The number of carboxylic acids is 1. The molecule has 0 aliphatic carbocycles. The van der Waals surface area contributed by atoms with E-state index in [9.17, 15) is 14.3 Å². The Hall–Kier alpha value is -0.850. The molecule has 0 aliphatic rings. The predicted molar refractivity (Wildman–Crippen MR) is 62.9 cm³/mol. The highest BCUT2D eigenvalue weighted by molar-refractivity contribution is 9.10. The summed E-state index contributed by atoms with van der Waals surface area (Å²) in [5, 5.41) is 18.0. The molecule has 1 aromatic rings. The van der Waals surface area contributed by atoms with Crippen molar-refractivity contribution in [2.45, 2.75) is 12.5 Å². The van der Waals surface area contributed by atoms with Crippen molar-refractivity contribution in [3.63, 3.8) is 0 Å². The van der Waals surface area contributed by atoms with Crippen LogP contribution in [0.15, 0.2) is 16.6 Å². The number of aliphatic hydroxyl groups is 1. The molecule has 0 fully saturated rings. The van der Waals surface area contributed by atoms with E-state index in [2.05, 4.69) is 15.9 Å². The van der Waals surface area contributed by atoms with Crippen molar-refractivity contribution in [1.82, 2.24) is 0 Å². The minimum atomic E-state index is -2.05. The van der Waals surface area contributed by atoms with Gasteiger partial charge in [-0.05, 0) is 28.9 Å². The summed E-state index contributed by atoms with van der Waals surface area (Å²) in [7, 11) is 0. The van der Waals surface area contributed by atoms with Crippen molar-refractivity contribution in [3.8, 4) is 5.75 Å². The summed E-state index contributed by atoms with van der Waals surface area (Å²) < 4.78 is 18.5. The van der Waals surface area contributed by atoms with Gasteiger partial charge in [0.25, 0.3) is 0 Å². The Bertz CT molecular complexity index is 450. The van der Waals surface area contributed by atoms with Gasteiger partial charge in [-0.1, -0.05) is 11.6 Å². The third-order valence-electron chi connectivity index (χ3n) is 1.94. The Morgan fingerprint density at radius 2 is 2.24 bits per heavy atom. The number of halogens is 3. The van der Waals surface area contributed by atoms with Crippen LogP contribution in [0.5, 0.6) is 5.75 Å². The molecule has 0 saturated carbocycles. The summed E-state index contributed by atoms with van der Waals surface area (Å²) >= 11 is 8.60. The molecule has 0 aromatic heterocycles. The Morgan fingerprint density at radius 3 is 2.76 bits per heavy atom. The van der Waals surface area contributed by atoms with E-state index >= 15 is 0 Å². The molecule has 94 valence electrons. The van der Waals surface area contributed by atoms with Crippen LogP contribution in [0.4, 0.5) is 4.39 Å². The lowest BCUT2D eigenvalue weighted by atomic mass is 10.1. The number of benzene rings is 1. The maximum Gasteiger partial charge on any atom is 0.339 e. The fraction of sp³-hybridized carbons (Fsp3) is 0.300. The third kappa shape index (κ3) is 3.55. The second-order valence-corrected chi connectivity index (χ2v) is 4.83. The molecule has 1 rings (SSSR count). The molecule has 1 aromatic carbocycles. The lowest BCUT2D eigenvalue weighted by Gasteiger charge is -2.19. The Kier molecular flexibility index (Phi) is 4.35. The van der Waals surface area contributed by atoms with Gasteiger partial charge in [0.2, 0.25) is 0 Å². The van der Waals surface area contributed by atoms with Gasteiger partial charge in [-0.3, -0.25) is 0 Å². The summed E-state index contributed by atoms with van der Waals surface area (Å²) in [6.45, 7) is 0.567. The third-order valence-corrected chi connectivity index (χ3v) is 2.85. The summed E-state index contributed by atoms with van der Waals surface area (Å²) in [4.78, 5) is 10.6. The van der Waals surface area contributed by atoms with E-state index in [1.54, 1.807) is 0 Å². The average molecular weight is 328 g/mol.